The molecule has 0 heterocycles. The van der Waals surface area contributed by atoms with Gasteiger partial charge in [-0.2, -0.15) is 0 Å². The van der Waals surface area contributed by atoms with E-state index in [-0.39, 0.29) is 121 Å². The number of esters is 12. The molecule has 0 fully saturated rings. The lowest BCUT2D eigenvalue weighted by Gasteiger charge is -2.35. The predicted octanol–water partition coefficient (Wildman–Crippen LogP) is 9.85. The SMILES string of the molecule is CCCC(=O)OC[C@@H](OC(=O)CCC)[C@@H](OC(=O)CCC)[C@H](OC(=O)CCC)[C@@H](OC(=O)CCC)C(=O)Oc1cc(/C=C/c2cc[c]cc2)cc(OC(=O)[C@H](OC(=O)CCC)[C@@H](OC(=O)CCC)[C@H](OC(=O)CCC)[C@@H](COC(=O)CCC)OC(=O)CCC)c1. The Labute approximate surface area is 527 Å². The molecule has 0 saturated carbocycles. The topological polar surface area (TPSA) is 316 Å². The van der Waals surface area contributed by atoms with Crippen LogP contribution in [0.5, 0.6) is 11.5 Å². The largest absolute Gasteiger partial charge is 0.462 e. The Bertz CT molecular complexity index is 2500. The number of rotatable bonds is 44. The summed E-state index contributed by atoms with van der Waals surface area (Å²) in [4.78, 5) is 165. The fraction of sp³-hybridized carbons (Fsp3) is 0.606. The molecule has 2 aromatic rings. The molecule has 0 bridgehead atoms. The Kier molecular flexibility index (Phi) is 38.3. The normalized spacial score (nSPS) is 13.7. The molecule has 24 heteroatoms. The van der Waals surface area contributed by atoms with Gasteiger partial charge in [-0.3, -0.25) is 47.9 Å². The standard InChI is InChI=1S/C66H91O24/c1-11-24-49(67)79-41-47(83-51(69)26-13-3)59(85-53(71)28-15-5)61(87-55(73)30-17-7)63(89-57(75)32-19-9)65(77)81-45-38-44(37-36-43-34-22-21-23-35-43)39-46(40-45)82-66(78)64(90-58(76)33-20-10)62(88-56(74)31-18-8)60(86-54(72)29-16-6)48(84-52(70)27-14-4)42-80-50(68)25-12-2/h22-23,34-40,47-48,59-64H,11-20,24-33,41-42H2,1-10H3/b37-36+/t47-,48-,59-,60-,61+,62+,63-,64-/m1/s1. The third kappa shape index (κ3) is 29.9. The summed E-state index contributed by atoms with van der Waals surface area (Å²) in [6.45, 7) is 15.0. The van der Waals surface area contributed by atoms with Crippen molar-refractivity contribution in [3.05, 3.63) is 59.7 Å². The molecule has 0 aliphatic rings. The average molecular weight is 1270 g/mol. The molecule has 0 N–H and O–H groups in total. The molecule has 2 aromatic carbocycles. The molecule has 8 atom stereocenters. The van der Waals surface area contributed by atoms with Crippen LogP contribution in [0.25, 0.3) is 12.2 Å². The van der Waals surface area contributed by atoms with Crippen molar-refractivity contribution >= 4 is 83.8 Å². The second kappa shape index (κ2) is 44.3. The summed E-state index contributed by atoms with van der Waals surface area (Å²) in [6.07, 6.45) is -13.5. The molecule has 1 radical (unpaired) electrons. The van der Waals surface area contributed by atoms with E-state index in [0.29, 0.717) is 18.4 Å². The van der Waals surface area contributed by atoms with Gasteiger partial charge in [0.25, 0.3) is 0 Å². The molecule has 24 nitrogen and oxygen atoms in total. The highest BCUT2D eigenvalue weighted by Gasteiger charge is 2.51. The van der Waals surface area contributed by atoms with Gasteiger partial charge in [0.2, 0.25) is 12.2 Å². The number of hydrogen-bond acceptors (Lipinski definition) is 24. The minimum atomic E-state index is -2.37. The van der Waals surface area contributed by atoms with Gasteiger partial charge in [-0.15, -0.1) is 0 Å². The zero-order chi connectivity index (χ0) is 67.0. The molecule has 0 aromatic heterocycles. The molecular formula is C66H91O24. The lowest BCUT2D eigenvalue weighted by Crippen LogP contribution is -2.56. The molecule has 0 amide bonds. The quantitative estimate of drug-likeness (QED) is 0.0258. The van der Waals surface area contributed by atoms with E-state index in [1.807, 2.05) is 0 Å². The molecule has 90 heavy (non-hydrogen) atoms. The maximum Gasteiger partial charge on any atom is 0.356 e. The van der Waals surface area contributed by atoms with Crippen LogP contribution >= 0.6 is 0 Å². The van der Waals surface area contributed by atoms with Gasteiger partial charge in [-0.25, -0.2) is 9.59 Å². The fourth-order valence-corrected chi connectivity index (χ4v) is 8.30. The summed E-state index contributed by atoms with van der Waals surface area (Å²) < 4.78 is 69.7. The number of benzene rings is 2. The van der Waals surface area contributed by atoms with Crippen LogP contribution in [0.3, 0.4) is 0 Å². The first-order chi connectivity index (χ1) is 43.1. The highest BCUT2D eigenvalue weighted by Crippen LogP contribution is 2.30. The van der Waals surface area contributed by atoms with Crippen molar-refractivity contribution in [3.63, 3.8) is 0 Å². The zero-order valence-corrected chi connectivity index (χ0v) is 53.7. The van der Waals surface area contributed by atoms with E-state index in [1.54, 1.807) is 99.6 Å². The van der Waals surface area contributed by atoms with Crippen LogP contribution in [0, 0.1) is 6.07 Å². The third-order valence-electron chi connectivity index (χ3n) is 12.5. The first-order valence-corrected chi connectivity index (χ1v) is 31.2. The minimum Gasteiger partial charge on any atom is -0.462 e. The maximum absolute atomic E-state index is 15.2. The zero-order valence-electron chi connectivity index (χ0n) is 53.7. The van der Waals surface area contributed by atoms with Gasteiger partial charge in [-0.05, 0) is 93.5 Å². The van der Waals surface area contributed by atoms with E-state index < -0.39 is 145 Å². The number of carbonyl (C=O) groups excluding carboxylic acids is 12. The van der Waals surface area contributed by atoms with Crippen LogP contribution in [-0.2, 0) is 105 Å². The van der Waals surface area contributed by atoms with E-state index in [2.05, 4.69) is 6.07 Å². The van der Waals surface area contributed by atoms with E-state index in [0.717, 1.165) is 6.07 Å². The summed E-state index contributed by atoms with van der Waals surface area (Å²) in [5, 5.41) is 0. The van der Waals surface area contributed by atoms with Crippen LogP contribution in [0.1, 0.15) is 209 Å². The highest BCUT2D eigenvalue weighted by molar-refractivity contribution is 5.85. The van der Waals surface area contributed by atoms with E-state index >= 15 is 9.59 Å². The van der Waals surface area contributed by atoms with Gasteiger partial charge in [0.1, 0.15) is 24.7 Å². The second-order valence-corrected chi connectivity index (χ2v) is 20.8. The minimum absolute atomic E-state index is 0.0783. The van der Waals surface area contributed by atoms with Crippen LogP contribution in [0.2, 0.25) is 0 Å². The summed E-state index contributed by atoms with van der Waals surface area (Å²) in [6, 6.07) is 13.1. The van der Waals surface area contributed by atoms with E-state index in [9.17, 15) is 47.9 Å². The van der Waals surface area contributed by atoms with Crippen LogP contribution < -0.4 is 9.47 Å². The molecular weight excluding hydrogens is 1180 g/mol. The molecule has 0 saturated heterocycles. The van der Waals surface area contributed by atoms with Crippen molar-refractivity contribution in [2.75, 3.05) is 13.2 Å². The van der Waals surface area contributed by atoms with Crippen LogP contribution in [0.4, 0.5) is 0 Å². The number of carbonyl (C=O) groups is 12. The van der Waals surface area contributed by atoms with E-state index in [4.69, 9.17) is 56.8 Å². The number of hydrogen-bond donors (Lipinski definition) is 0. The summed E-state index contributed by atoms with van der Waals surface area (Å²) in [5.74, 6) is -13.1. The Morgan fingerprint density at radius 3 is 0.911 bits per heavy atom. The molecule has 0 aliphatic heterocycles. The van der Waals surface area contributed by atoms with Crippen molar-refractivity contribution in [2.24, 2.45) is 0 Å². The Morgan fingerprint density at radius 1 is 0.333 bits per heavy atom. The molecule has 0 unspecified atom stereocenters. The van der Waals surface area contributed by atoms with Gasteiger partial charge in [-0.1, -0.05) is 106 Å². The Hall–Kier alpha value is -8.18. The monoisotopic (exact) mass is 1270 g/mol. The molecule has 499 valence electrons. The second-order valence-electron chi connectivity index (χ2n) is 20.8. The highest BCUT2D eigenvalue weighted by atomic mass is 16.7. The first kappa shape index (κ1) is 77.9. The summed E-state index contributed by atoms with van der Waals surface area (Å²) in [5.41, 5.74) is 0.753. The van der Waals surface area contributed by atoms with Gasteiger partial charge in [0, 0.05) is 70.3 Å². The lowest BCUT2D eigenvalue weighted by atomic mass is 10.0. The first-order valence-electron chi connectivity index (χ1n) is 31.2. The molecule has 2 rings (SSSR count). The van der Waals surface area contributed by atoms with Gasteiger partial charge >= 0.3 is 71.6 Å². The molecule has 0 aliphatic carbocycles. The Balaban J connectivity index is 3.19. The Morgan fingerprint density at radius 2 is 0.600 bits per heavy atom. The van der Waals surface area contributed by atoms with Crippen molar-refractivity contribution in [2.45, 2.75) is 246 Å². The third-order valence-corrected chi connectivity index (χ3v) is 12.5. The lowest BCUT2D eigenvalue weighted by molar-refractivity contribution is -0.208. The van der Waals surface area contributed by atoms with Crippen LogP contribution in [0.15, 0.2) is 42.5 Å². The van der Waals surface area contributed by atoms with Crippen LogP contribution in [-0.4, -0.2) is 134 Å². The maximum atomic E-state index is 15.2. The number of ether oxygens (including phenoxy) is 12. The smallest absolute Gasteiger partial charge is 0.356 e. The van der Waals surface area contributed by atoms with Crippen molar-refractivity contribution in [1.29, 1.82) is 0 Å². The average Bonchev–Trinajstić information content (AvgIpc) is 2.15. The molecule has 0 spiro atoms. The van der Waals surface area contributed by atoms with Gasteiger partial charge in [0.15, 0.2) is 36.6 Å². The summed E-state index contributed by atoms with van der Waals surface area (Å²) >= 11 is 0. The summed E-state index contributed by atoms with van der Waals surface area (Å²) in [7, 11) is 0. The van der Waals surface area contributed by atoms with Gasteiger partial charge < -0.3 is 56.8 Å². The van der Waals surface area contributed by atoms with Crippen molar-refractivity contribution in [1.82, 2.24) is 0 Å². The fourth-order valence-electron chi connectivity index (χ4n) is 8.30. The van der Waals surface area contributed by atoms with E-state index in [1.165, 1.54) is 18.2 Å². The predicted molar refractivity (Wildman–Crippen MR) is 322 cm³/mol. The van der Waals surface area contributed by atoms with Crippen molar-refractivity contribution < 1.29 is 114 Å². The van der Waals surface area contributed by atoms with Gasteiger partial charge in [0.05, 0.1) is 0 Å². The van der Waals surface area contributed by atoms with Crippen molar-refractivity contribution in [3.8, 4) is 11.5 Å².